The van der Waals surface area contributed by atoms with Gasteiger partial charge in [0.05, 0.1) is 11.8 Å². The van der Waals surface area contributed by atoms with E-state index in [4.69, 9.17) is 11.6 Å². The van der Waals surface area contributed by atoms with Gasteiger partial charge in [-0.25, -0.2) is 0 Å². The molecule has 1 aliphatic heterocycles. The van der Waals surface area contributed by atoms with Gasteiger partial charge in [-0.05, 0) is 36.5 Å². The third kappa shape index (κ3) is 5.13. The van der Waals surface area contributed by atoms with Crippen molar-refractivity contribution in [3.8, 4) is 0 Å². The molecule has 0 radical (unpaired) electrons. The number of anilines is 1. The third-order valence-electron chi connectivity index (χ3n) is 5.13. The summed E-state index contributed by atoms with van der Waals surface area (Å²) in [7, 11) is 1.81. The van der Waals surface area contributed by atoms with Gasteiger partial charge in [-0.3, -0.25) is 9.48 Å². The molecule has 4 rings (SSSR count). The largest absolute Gasteiger partial charge is 0.352 e. The Bertz CT molecular complexity index is 962. The second-order valence-corrected chi connectivity index (χ2v) is 8.80. The monoisotopic (exact) mass is 430 g/mol. The first-order chi connectivity index (χ1) is 14.1. The zero-order chi connectivity index (χ0) is 20.2. The highest BCUT2D eigenvalue weighted by atomic mass is 35.5. The first-order valence-corrected chi connectivity index (χ1v) is 10.8. The molecule has 3 heterocycles. The summed E-state index contributed by atoms with van der Waals surface area (Å²) in [5, 5.41) is 18.5. The molecule has 0 unspecified atom stereocenters. The number of hydrogen-bond acceptors (Lipinski definition) is 6. The van der Waals surface area contributed by atoms with Gasteiger partial charge in [-0.2, -0.15) is 5.10 Å². The predicted octanol–water partition coefficient (Wildman–Crippen LogP) is 3.16. The minimum Gasteiger partial charge on any atom is -0.352 e. The Morgan fingerprint density at radius 2 is 2.00 bits per heavy atom. The summed E-state index contributed by atoms with van der Waals surface area (Å²) in [6, 6.07) is 7.84. The summed E-state index contributed by atoms with van der Waals surface area (Å²) in [5.41, 5.74) is 1.78. The summed E-state index contributed by atoms with van der Waals surface area (Å²) in [6.07, 6.45) is 6.15. The number of nitrogens with one attached hydrogen (secondary N) is 1. The fourth-order valence-corrected chi connectivity index (χ4v) is 4.48. The molecule has 1 aliphatic rings. The van der Waals surface area contributed by atoms with Crippen LogP contribution in [0.15, 0.2) is 36.7 Å². The molecule has 9 heteroatoms. The average Bonchev–Trinajstić information content (AvgIpc) is 3.37. The van der Waals surface area contributed by atoms with Gasteiger partial charge in [-0.15, -0.1) is 10.2 Å². The standard InChI is InChI=1S/C20H23ClN6OS/c1-26-13-16(12-23-26)19(28)22-11-15-6-8-27(9-7-15)20-25-24-18(29-20)10-14-2-4-17(21)5-3-14/h2-5,12-13,15H,6-11H2,1H3,(H,22,28). The number of carbonyl (C=O) groups is 1. The van der Waals surface area contributed by atoms with Gasteiger partial charge in [0.25, 0.3) is 5.91 Å². The minimum absolute atomic E-state index is 0.0588. The highest BCUT2D eigenvalue weighted by Gasteiger charge is 2.22. The molecule has 7 nitrogen and oxygen atoms in total. The smallest absolute Gasteiger partial charge is 0.254 e. The average molecular weight is 431 g/mol. The van der Waals surface area contributed by atoms with Gasteiger partial charge >= 0.3 is 0 Å². The van der Waals surface area contributed by atoms with Gasteiger partial charge in [-0.1, -0.05) is 35.1 Å². The van der Waals surface area contributed by atoms with Gasteiger partial charge in [0.2, 0.25) is 5.13 Å². The molecule has 0 spiro atoms. The summed E-state index contributed by atoms with van der Waals surface area (Å²) in [5.74, 6) is 0.421. The van der Waals surface area contributed by atoms with E-state index >= 15 is 0 Å². The number of piperidine rings is 1. The molecular formula is C20H23ClN6OS. The fraction of sp³-hybridized carbons (Fsp3) is 0.400. The van der Waals surface area contributed by atoms with Crippen LogP contribution in [0, 0.1) is 5.92 Å². The molecule has 0 atom stereocenters. The van der Waals surface area contributed by atoms with Crippen molar-refractivity contribution in [2.75, 3.05) is 24.5 Å². The van der Waals surface area contributed by atoms with Crippen molar-refractivity contribution in [1.29, 1.82) is 0 Å². The number of rotatable bonds is 6. The van der Waals surface area contributed by atoms with Crippen LogP contribution in [0.5, 0.6) is 0 Å². The summed E-state index contributed by atoms with van der Waals surface area (Å²) < 4.78 is 1.64. The number of aryl methyl sites for hydroxylation is 1. The molecule has 1 aromatic carbocycles. The fourth-order valence-electron chi connectivity index (χ4n) is 3.43. The van der Waals surface area contributed by atoms with E-state index in [1.165, 1.54) is 5.56 Å². The molecule has 152 valence electrons. The molecule has 3 aromatic rings. The lowest BCUT2D eigenvalue weighted by Gasteiger charge is -2.31. The van der Waals surface area contributed by atoms with E-state index in [9.17, 15) is 4.79 Å². The molecule has 0 saturated carbocycles. The molecule has 1 fully saturated rings. The Morgan fingerprint density at radius 3 is 2.69 bits per heavy atom. The maximum absolute atomic E-state index is 12.2. The second-order valence-electron chi connectivity index (χ2n) is 7.32. The maximum Gasteiger partial charge on any atom is 0.254 e. The van der Waals surface area contributed by atoms with E-state index in [1.807, 2.05) is 24.3 Å². The highest BCUT2D eigenvalue weighted by molar-refractivity contribution is 7.15. The van der Waals surface area contributed by atoms with Crippen molar-refractivity contribution >= 4 is 34.0 Å². The third-order valence-corrected chi connectivity index (χ3v) is 6.36. The Morgan fingerprint density at radius 1 is 1.24 bits per heavy atom. The van der Waals surface area contributed by atoms with Gasteiger partial charge in [0.15, 0.2) is 0 Å². The lowest BCUT2D eigenvalue weighted by atomic mass is 9.97. The van der Waals surface area contributed by atoms with Crippen molar-refractivity contribution in [2.24, 2.45) is 13.0 Å². The van der Waals surface area contributed by atoms with Crippen LogP contribution in [-0.2, 0) is 13.5 Å². The van der Waals surface area contributed by atoms with Crippen molar-refractivity contribution in [1.82, 2.24) is 25.3 Å². The quantitative estimate of drug-likeness (QED) is 0.650. The number of benzene rings is 1. The van der Waals surface area contributed by atoms with Crippen LogP contribution in [0.4, 0.5) is 5.13 Å². The molecule has 29 heavy (non-hydrogen) atoms. The van der Waals surface area contributed by atoms with Crippen LogP contribution in [0.1, 0.15) is 33.8 Å². The first-order valence-electron chi connectivity index (χ1n) is 9.65. The number of aromatic nitrogens is 4. The van der Waals surface area contributed by atoms with Crippen LogP contribution in [0.3, 0.4) is 0 Å². The molecule has 1 amide bonds. The molecular weight excluding hydrogens is 408 g/mol. The predicted molar refractivity (Wildman–Crippen MR) is 115 cm³/mol. The van der Waals surface area contributed by atoms with Gasteiger partial charge in [0.1, 0.15) is 5.01 Å². The lowest BCUT2D eigenvalue weighted by Crippen LogP contribution is -2.38. The van der Waals surface area contributed by atoms with Crippen LogP contribution in [0.2, 0.25) is 5.02 Å². The van der Waals surface area contributed by atoms with E-state index < -0.39 is 0 Å². The first kappa shape index (κ1) is 19.8. The molecule has 1 saturated heterocycles. The zero-order valence-corrected chi connectivity index (χ0v) is 17.8. The van der Waals surface area contributed by atoms with Crippen LogP contribution in [-0.4, -0.2) is 45.5 Å². The molecule has 2 aromatic heterocycles. The van der Waals surface area contributed by atoms with E-state index in [2.05, 4.69) is 25.5 Å². The number of nitrogens with zero attached hydrogens (tertiary/aromatic N) is 5. The van der Waals surface area contributed by atoms with E-state index in [1.54, 1.807) is 35.5 Å². The van der Waals surface area contributed by atoms with Gasteiger partial charge < -0.3 is 10.2 Å². The Kier molecular flexibility index (Phi) is 6.10. The number of halogens is 1. The maximum atomic E-state index is 12.2. The van der Waals surface area contributed by atoms with Crippen LogP contribution < -0.4 is 10.2 Å². The second kappa shape index (κ2) is 8.92. The molecule has 1 N–H and O–H groups in total. The van der Waals surface area contributed by atoms with Crippen LogP contribution >= 0.6 is 22.9 Å². The SMILES string of the molecule is Cn1cc(C(=O)NCC2CCN(c3nnc(Cc4ccc(Cl)cc4)s3)CC2)cn1. The zero-order valence-electron chi connectivity index (χ0n) is 16.2. The molecule has 0 bridgehead atoms. The van der Waals surface area contributed by atoms with Crippen molar-refractivity contribution in [3.63, 3.8) is 0 Å². The van der Waals surface area contributed by atoms with Gasteiger partial charge in [0, 0.05) is 44.3 Å². The van der Waals surface area contributed by atoms with E-state index in [0.717, 1.165) is 47.5 Å². The Hall–Kier alpha value is -2.45. The van der Waals surface area contributed by atoms with Crippen molar-refractivity contribution in [2.45, 2.75) is 19.3 Å². The van der Waals surface area contributed by atoms with Crippen molar-refractivity contribution in [3.05, 3.63) is 57.8 Å². The van der Waals surface area contributed by atoms with Crippen molar-refractivity contribution < 1.29 is 4.79 Å². The summed E-state index contributed by atoms with van der Waals surface area (Å²) >= 11 is 7.59. The van der Waals surface area contributed by atoms with Crippen LogP contribution in [0.25, 0.3) is 0 Å². The minimum atomic E-state index is -0.0588. The van der Waals surface area contributed by atoms with E-state index in [0.29, 0.717) is 18.0 Å². The Balaban J connectivity index is 1.25. The number of carbonyl (C=O) groups excluding carboxylic acids is 1. The summed E-state index contributed by atoms with van der Waals surface area (Å²) in [4.78, 5) is 14.5. The molecule has 0 aliphatic carbocycles. The lowest BCUT2D eigenvalue weighted by molar-refractivity contribution is 0.0945. The topological polar surface area (TPSA) is 75.9 Å². The summed E-state index contributed by atoms with van der Waals surface area (Å²) in [6.45, 7) is 2.56. The Labute approximate surface area is 178 Å². The number of hydrogen-bond donors (Lipinski definition) is 1. The highest BCUT2D eigenvalue weighted by Crippen LogP contribution is 2.27. The normalized spacial score (nSPS) is 14.9. The van der Waals surface area contributed by atoms with E-state index in [-0.39, 0.29) is 5.91 Å². The number of amides is 1.